The van der Waals surface area contributed by atoms with Crippen LogP contribution in [-0.2, 0) is 6.42 Å². The van der Waals surface area contributed by atoms with Crippen LogP contribution in [-0.4, -0.2) is 10.1 Å². The van der Waals surface area contributed by atoms with Gasteiger partial charge in [0.15, 0.2) is 0 Å². The summed E-state index contributed by atoms with van der Waals surface area (Å²) in [4.78, 5) is 3.43. The normalized spacial score (nSPS) is 14.4. The molecule has 4 heteroatoms. The number of nitrogens with one attached hydrogen (secondary N) is 1. The summed E-state index contributed by atoms with van der Waals surface area (Å²) < 4.78 is 14.0. The van der Waals surface area contributed by atoms with Gasteiger partial charge in [-0.25, -0.2) is 4.39 Å². The van der Waals surface area contributed by atoms with Crippen molar-refractivity contribution in [3.63, 3.8) is 0 Å². The molecule has 0 aliphatic heterocycles. The Kier molecular flexibility index (Phi) is 7.73. The van der Waals surface area contributed by atoms with Gasteiger partial charge in [-0.1, -0.05) is 57.0 Å². The Hall–Kier alpha value is -2.00. The second-order valence-corrected chi connectivity index (χ2v) is 7.35. The third-order valence-electron chi connectivity index (χ3n) is 4.76. The fourth-order valence-electron chi connectivity index (χ4n) is 3.24. The van der Waals surface area contributed by atoms with E-state index in [9.17, 15) is 9.50 Å². The van der Waals surface area contributed by atoms with Crippen molar-refractivity contribution in [2.24, 2.45) is 0 Å². The van der Waals surface area contributed by atoms with Gasteiger partial charge in [0.2, 0.25) is 0 Å². The van der Waals surface area contributed by atoms with Crippen LogP contribution < -0.4 is 0 Å². The van der Waals surface area contributed by atoms with Crippen LogP contribution >= 0.6 is 11.6 Å². The molecule has 2 aromatic rings. The molecule has 0 saturated carbocycles. The fraction of sp³-hybridized carbons (Fsp3) is 0.391. The van der Waals surface area contributed by atoms with Crippen LogP contribution in [0.1, 0.15) is 64.1 Å². The van der Waals surface area contributed by atoms with Gasteiger partial charge < -0.3 is 10.1 Å². The largest absolute Gasteiger partial charge is 0.513 e. The monoisotopic (exact) mass is 389 g/mol. The second kappa shape index (κ2) is 9.80. The predicted molar refractivity (Wildman–Crippen MR) is 114 cm³/mol. The quantitative estimate of drug-likeness (QED) is 0.351. The summed E-state index contributed by atoms with van der Waals surface area (Å²) in [7, 11) is 0. The molecule has 0 bridgehead atoms. The minimum atomic E-state index is -0.410. The zero-order valence-electron chi connectivity index (χ0n) is 16.6. The molecule has 0 fully saturated rings. The van der Waals surface area contributed by atoms with Crippen molar-refractivity contribution in [3.05, 3.63) is 69.9 Å². The van der Waals surface area contributed by atoms with E-state index in [-0.39, 0.29) is 16.7 Å². The number of fused-ring (bicyclic) bond motifs is 1. The third-order valence-corrected chi connectivity index (χ3v) is 5.05. The van der Waals surface area contributed by atoms with E-state index in [1.54, 1.807) is 19.1 Å². The maximum Gasteiger partial charge on any atom is 0.143 e. The number of rotatable bonds is 8. The zero-order chi connectivity index (χ0) is 20.0. The van der Waals surface area contributed by atoms with E-state index in [0.717, 1.165) is 47.9 Å². The third kappa shape index (κ3) is 5.26. The number of aromatic amines is 1. The number of allylic oxidation sites excluding steroid dienone is 6. The van der Waals surface area contributed by atoms with Crippen molar-refractivity contribution in [2.75, 3.05) is 0 Å². The average molecular weight is 390 g/mol. The molecule has 0 radical (unpaired) electrons. The van der Waals surface area contributed by atoms with Gasteiger partial charge in [0.25, 0.3) is 0 Å². The predicted octanol–water partition coefficient (Wildman–Crippen LogP) is 7.76. The summed E-state index contributed by atoms with van der Waals surface area (Å²) in [6.07, 6.45) is 11.8. The molecule has 1 aromatic heterocycles. The number of H-pyrrole nitrogens is 1. The van der Waals surface area contributed by atoms with E-state index >= 15 is 0 Å². The van der Waals surface area contributed by atoms with Gasteiger partial charge in [-0.3, -0.25) is 0 Å². The summed E-state index contributed by atoms with van der Waals surface area (Å²) in [5.41, 5.74) is 4.14. The average Bonchev–Trinajstić information content (AvgIpc) is 2.97. The summed E-state index contributed by atoms with van der Waals surface area (Å²) >= 11 is 6.05. The summed E-state index contributed by atoms with van der Waals surface area (Å²) in [6.45, 7) is 8.04. The van der Waals surface area contributed by atoms with Crippen LogP contribution in [0.5, 0.6) is 0 Å². The standard InChI is InChI=1S/C23H29ClFNO/c1-5-7-9-17(12-11-15(3)27)16(4)23-18(10-8-6-2)19-13-20(24)21(25)14-22(19)26-23/h7,9,11-14,16,26-27H,5-6,8,10H2,1-4H3/b9-7+,15-11+,17-12+. The van der Waals surface area contributed by atoms with Gasteiger partial charge in [0, 0.05) is 22.5 Å². The highest BCUT2D eigenvalue weighted by atomic mass is 35.5. The maximum atomic E-state index is 14.0. The van der Waals surface area contributed by atoms with Crippen LogP contribution in [0.25, 0.3) is 10.9 Å². The maximum absolute atomic E-state index is 14.0. The van der Waals surface area contributed by atoms with Crippen LogP contribution in [0.15, 0.2) is 47.8 Å². The summed E-state index contributed by atoms with van der Waals surface area (Å²) in [5.74, 6) is -0.0714. The molecule has 1 unspecified atom stereocenters. The minimum absolute atomic E-state index is 0.0736. The number of hydrogen-bond donors (Lipinski definition) is 2. The molecule has 0 aliphatic carbocycles. The van der Waals surface area contributed by atoms with Crippen molar-refractivity contribution in [1.29, 1.82) is 0 Å². The van der Waals surface area contributed by atoms with Crippen molar-refractivity contribution in [3.8, 4) is 0 Å². The molecule has 1 atom stereocenters. The molecule has 0 spiro atoms. The smallest absolute Gasteiger partial charge is 0.143 e. The number of unbranched alkanes of at least 4 members (excludes halogenated alkanes) is 1. The molecule has 0 saturated heterocycles. The molecule has 146 valence electrons. The van der Waals surface area contributed by atoms with E-state index in [0.29, 0.717) is 0 Å². The molecule has 1 heterocycles. The lowest BCUT2D eigenvalue weighted by atomic mass is 9.91. The lowest BCUT2D eigenvalue weighted by molar-refractivity contribution is 0.414. The molecule has 0 aliphatic rings. The van der Waals surface area contributed by atoms with Crippen LogP contribution in [0, 0.1) is 5.82 Å². The first kappa shape index (κ1) is 21.3. The number of aliphatic hydroxyl groups is 1. The first-order chi connectivity index (χ1) is 12.9. The SMILES string of the molecule is CC/C=C/C(=C\C=C(/C)O)C(C)c1[nH]c2cc(F)c(Cl)cc2c1CCCC. The fourth-order valence-corrected chi connectivity index (χ4v) is 3.40. The van der Waals surface area contributed by atoms with E-state index in [1.807, 2.05) is 6.08 Å². The first-order valence-electron chi connectivity index (χ1n) is 9.62. The lowest BCUT2D eigenvalue weighted by Gasteiger charge is -2.15. The van der Waals surface area contributed by atoms with Crippen molar-refractivity contribution < 1.29 is 9.50 Å². The lowest BCUT2D eigenvalue weighted by Crippen LogP contribution is -2.01. The van der Waals surface area contributed by atoms with Gasteiger partial charge in [-0.2, -0.15) is 0 Å². The number of aromatic nitrogens is 1. The van der Waals surface area contributed by atoms with E-state index in [2.05, 4.69) is 37.9 Å². The highest BCUT2D eigenvalue weighted by Crippen LogP contribution is 2.35. The summed E-state index contributed by atoms with van der Waals surface area (Å²) in [5, 5.41) is 10.7. The van der Waals surface area contributed by atoms with Gasteiger partial charge in [0.1, 0.15) is 5.82 Å². The Morgan fingerprint density at radius 1 is 1.30 bits per heavy atom. The molecular formula is C23H29ClFNO. The van der Waals surface area contributed by atoms with Crippen LogP contribution in [0.2, 0.25) is 5.02 Å². The number of halogens is 2. The minimum Gasteiger partial charge on any atom is -0.513 e. The van der Waals surface area contributed by atoms with Crippen LogP contribution in [0.3, 0.4) is 0 Å². The number of aryl methyl sites for hydroxylation is 1. The van der Waals surface area contributed by atoms with Crippen molar-refractivity contribution in [1.82, 2.24) is 4.98 Å². The molecule has 27 heavy (non-hydrogen) atoms. The molecule has 0 amide bonds. The highest BCUT2D eigenvalue weighted by molar-refractivity contribution is 6.31. The highest BCUT2D eigenvalue weighted by Gasteiger charge is 2.19. The van der Waals surface area contributed by atoms with Gasteiger partial charge in [0.05, 0.1) is 10.8 Å². The van der Waals surface area contributed by atoms with E-state index in [1.165, 1.54) is 11.6 Å². The molecule has 2 nitrogen and oxygen atoms in total. The Morgan fingerprint density at radius 3 is 2.67 bits per heavy atom. The van der Waals surface area contributed by atoms with Gasteiger partial charge >= 0.3 is 0 Å². The summed E-state index contributed by atoms with van der Waals surface area (Å²) in [6, 6.07) is 3.21. The number of benzene rings is 1. The van der Waals surface area contributed by atoms with Crippen molar-refractivity contribution in [2.45, 2.75) is 59.3 Å². The Morgan fingerprint density at radius 2 is 2.04 bits per heavy atom. The molecule has 2 N–H and O–H groups in total. The van der Waals surface area contributed by atoms with Gasteiger partial charge in [-0.15, -0.1) is 0 Å². The van der Waals surface area contributed by atoms with E-state index in [4.69, 9.17) is 11.6 Å². The number of aliphatic hydroxyl groups excluding tert-OH is 1. The van der Waals surface area contributed by atoms with Crippen molar-refractivity contribution >= 4 is 22.5 Å². The number of hydrogen-bond acceptors (Lipinski definition) is 1. The van der Waals surface area contributed by atoms with Crippen LogP contribution in [0.4, 0.5) is 4.39 Å². The Balaban J connectivity index is 2.60. The Bertz CT molecular complexity index is 872. The zero-order valence-corrected chi connectivity index (χ0v) is 17.3. The first-order valence-corrected chi connectivity index (χ1v) is 10.00. The molecule has 2 rings (SSSR count). The van der Waals surface area contributed by atoms with E-state index < -0.39 is 5.82 Å². The Labute approximate surface area is 166 Å². The van der Waals surface area contributed by atoms with Gasteiger partial charge in [-0.05, 0) is 55.5 Å². The molecular weight excluding hydrogens is 361 g/mol. The topological polar surface area (TPSA) is 36.0 Å². The molecule has 1 aromatic carbocycles. The second-order valence-electron chi connectivity index (χ2n) is 6.94.